The van der Waals surface area contributed by atoms with Gasteiger partial charge in [-0.1, -0.05) is 24.6 Å². The first-order chi connectivity index (χ1) is 12.1. The molecule has 3 rings (SSSR count). The number of carbonyl (C=O) groups is 1. The molecule has 0 aliphatic carbocycles. The van der Waals surface area contributed by atoms with Crippen LogP contribution in [0.1, 0.15) is 24.8 Å². The second kappa shape index (κ2) is 8.27. The first-order valence-electron chi connectivity index (χ1n) is 8.76. The molecule has 2 fully saturated rings. The number of hydrogen-bond acceptors (Lipinski definition) is 5. The van der Waals surface area contributed by atoms with Crippen LogP contribution in [0.15, 0.2) is 29.2 Å². The van der Waals surface area contributed by atoms with Crippen molar-refractivity contribution in [2.45, 2.75) is 36.7 Å². The Hall–Kier alpha value is -1.48. The lowest BCUT2D eigenvalue weighted by Crippen LogP contribution is -2.51. The first kappa shape index (κ1) is 18.3. The maximum Gasteiger partial charge on any atom is 0.243 e. The molecule has 0 saturated carbocycles. The summed E-state index contributed by atoms with van der Waals surface area (Å²) >= 11 is 0. The molecule has 2 aliphatic rings. The van der Waals surface area contributed by atoms with Crippen molar-refractivity contribution in [2.75, 3.05) is 32.8 Å². The summed E-state index contributed by atoms with van der Waals surface area (Å²) in [4.78, 5) is 12.5. The lowest BCUT2D eigenvalue weighted by Gasteiger charge is -2.27. The predicted molar refractivity (Wildman–Crippen MR) is 93.5 cm³/mol. The maximum atomic E-state index is 12.9. The Labute approximate surface area is 148 Å². The number of benzene rings is 1. The number of rotatable bonds is 5. The van der Waals surface area contributed by atoms with Gasteiger partial charge in [-0.15, -0.1) is 0 Å². The number of sulfonamides is 1. The summed E-state index contributed by atoms with van der Waals surface area (Å²) in [6.45, 7) is 2.87. The molecule has 2 aliphatic heterocycles. The minimum absolute atomic E-state index is 0.176. The molecule has 25 heavy (non-hydrogen) atoms. The highest BCUT2D eigenvalue weighted by atomic mass is 32.2. The van der Waals surface area contributed by atoms with E-state index in [9.17, 15) is 13.2 Å². The molecule has 8 heteroatoms. The van der Waals surface area contributed by atoms with Crippen LogP contribution in [-0.4, -0.2) is 57.5 Å². The van der Waals surface area contributed by atoms with Gasteiger partial charge in [-0.25, -0.2) is 8.42 Å². The lowest BCUT2D eigenvalue weighted by molar-refractivity contribution is -0.126. The fourth-order valence-corrected chi connectivity index (χ4v) is 4.92. The third kappa shape index (κ3) is 4.38. The molecule has 2 saturated heterocycles. The molecule has 0 bridgehead atoms. The quantitative estimate of drug-likeness (QED) is 0.790. The molecule has 1 aromatic rings. The van der Waals surface area contributed by atoms with Crippen LogP contribution in [-0.2, 0) is 26.1 Å². The normalized spacial score (nSPS) is 22.5. The van der Waals surface area contributed by atoms with Gasteiger partial charge in [0.2, 0.25) is 15.9 Å². The zero-order valence-corrected chi connectivity index (χ0v) is 15.1. The summed E-state index contributed by atoms with van der Waals surface area (Å²) < 4.78 is 32.7. The molecule has 0 aromatic heterocycles. The maximum absolute atomic E-state index is 12.9. The van der Waals surface area contributed by atoms with E-state index in [4.69, 9.17) is 4.74 Å². The SMILES string of the molecule is O=C(NCc1ccccc1S(=O)(=O)N1CCCCC1)C1COCCN1. The monoisotopic (exact) mass is 367 g/mol. The molecule has 1 aromatic carbocycles. The summed E-state index contributed by atoms with van der Waals surface area (Å²) in [7, 11) is -3.52. The van der Waals surface area contributed by atoms with Crippen LogP contribution in [0.4, 0.5) is 0 Å². The Bertz CT molecular complexity index is 696. The van der Waals surface area contributed by atoms with Gasteiger partial charge in [0.1, 0.15) is 6.04 Å². The summed E-state index contributed by atoms with van der Waals surface area (Å²) in [5.74, 6) is -0.176. The van der Waals surface area contributed by atoms with Crippen molar-refractivity contribution in [1.82, 2.24) is 14.9 Å². The third-order valence-corrected chi connectivity index (χ3v) is 6.60. The van der Waals surface area contributed by atoms with E-state index in [2.05, 4.69) is 10.6 Å². The van der Waals surface area contributed by atoms with Gasteiger partial charge in [-0.2, -0.15) is 4.31 Å². The topological polar surface area (TPSA) is 87.7 Å². The van der Waals surface area contributed by atoms with E-state index in [-0.39, 0.29) is 23.4 Å². The molecular formula is C17H25N3O4S. The molecule has 0 radical (unpaired) electrons. The van der Waals surface area contributed by atoms with Crippen molar-refractivity contribution in [1.29, 1.82) is 0 Å². The fourth-order valence-electron chi connectivity index (χ4n) is 3.19. The van der Waals surface area contributed by atoms with Crippen molar-refractivity contribution < 1.29 is 17.9 Å². The van der Waals surface area contributed by atoms with Gasteiger partial charge in [-0.05, 0) is 24.5 Å². The Kier molecular flexibility index (Phi) is 6.06. The predicted octanol–water partition coefficient (Wildman–Crippen LogP) is 0.466. The van der Waals surface area contributed by atoms with Gasteiger partial charge >= 0.3 is 0 Å². The highest BCUT2D eigenvalue weighted by Gasteiger charge is 2.28. The van der Waals surface area contributed by atoms with Crippen molar-refractivity contribution in [2.24, 2.45) is 0 Å². The highest BCUT2D eigenvalue weighted by molar-refractivity contribution is 7.89. The largest absolute Gasteiger partial charge is 0.378 e. The number of ether oxygens (including phenoxy) is 1. The molecule has 138 valence electrons. The van der Waals surface area contributed by atoms with E-state index >= 15 is 0 Å². The molecule has 7 nitrogen and oxygen atoms in total. The van der Waals surface area contributed by atoms with E-state index in [1.54, 1.807) is 28.6 Å². The molecule has 0 spiro atoms. The lowest BCUT2D eigenvalue weighted by atomic mass is 10.2. The van der Waals surface area contributed by atoms with Gasteiger partial charge in [0, 0.05) is 26.2 Å². The van der Waals surface area contributed by atoms with Crippen LogP contribution in [0.2, 0.25) is 0 Å². The highest BCUT2D eigenvalue weighted by Crippen LogP contribution is 2.23. The summed E-state index contributed by atoms with van der Waals surface area (Å²) in [5.41, 5.74) is 0.609. The van der Waals surface area contributed by atoms with Gasteiger partial charge in [0.25, 0.3) is 0 Å². The van der Waals surface area contributed by atoms with Crippen LogP contribution in [0, 0.1) is 0 Å². The smallest absolute Gasteiger partial charge is 0.243 e. The number of carbonyl (C=O) groups excluding carboxylic acids is 1. The van der Waals surface area contributed by atoms with Gasteiger partial charge in [0.15, 0.2) is 0 Å². The van der Waals surface area contributed by atoms with E-state index in [1.807, 2.05) is 0 Å². The van der Waals surface area contributed by atoms with Crippen molar-refractivity contribution in [3.8, 4) is 0 Å². The average Bonchev–Trinajstić information content (AvgIpc) is 2.67. The number of morpholine rings is 1. The Balaban J connectivity index is 1.71. The van der Waals surface area contributed by atoms with Crippen molar-refractivity contribution >= 4 is 15.9 Å². The molecule has 2 heterocycles. The fraction of sp³-hybridized carbons (Fsp3) is 0.588. The number of hydrogen-bond donors (Lipinski definition) is 2. The minimum atomic E-state index is -3.52. The van der Waals surface area contributed by atoms with E-state index in [0.29, 0.717) is 38.4 Å². The van der Waals surface area contributed by atoms with Crippen LogP contribution >= 0.6 is 0 Å². The van der Waals surface area contributed by atoms with Gasteiger partial charge in [0.05, 0.1) is 18.1 Å². The molecular weight excluding hydrogens is 342 g/mol. The van der Waals surface area contributed by atoms with E-state index in [1.165, 1.54) is 0 Å². The van der Waals surface area contributed by atoms with E-state index < -0.39 is 10.0 Å². The van der Waals surface area contributed by atoms with Crippen LogP contribution in [0.3, 0.4) is 0 Å². The van der Waals surface area contributed by atoms with Crippen molar-refractivity contribution in [3.05, 3.63) is 29.8 Å². The Morgan fingerprint density at radius 3 is 2.72 bits per heavy atom. The van der Waals surface area contributed by atoms with Crippen LogP contribution in [0.5, 0.6) is 0 Å². The van der Waals surface area contributed by atoms with Crippen molar-refractivity contribution in [3.63, 3.8) is 0 Å². The van der Waals surface area contributed by atoms with Gasteiger partial charge < -0.3 is 15.4 Å². The van der Waals surface area contributed by atoms with Crippen LogP contribution in [0.25, 0.3) is 0 Å². The zero-order chi connectivity index (χ0) is 17.7. The molecule has 2 N–H and O–H groups in total. The standard InChI is InChI=1S/C17H25N3O4S/c21-17(15-13-24-11-8-18-15)19-12-14-6-2-3-7-16(14)25(22,23)20-9-4-1-5-10-20/h2-3,6-7,15,18H,1,4-5,8-13H2,(H,19,21). The average molecular weight is 367 g/mol. The van der Waals surface area contributed by atoms with Gasteiger partial charge in [-0.3, -0.25) is 4.79 Å². The molecule has 1 amide bonds. The second-order valence-electron chi connectivity index (χ2n) is 6.37. The van der Waals surface area contributed by atoms with Crippen LogP contribution < -0.4 is 10.6 Å². The zero-order valence-electron chi connectivity index (χ0n) is 14.2. The number of amides is 1. The minimum Gasteiger partial charge on any atom is -0.378 e. The van der Waals surface area contributed by atoms with E-state index in [0.717, 1.165) is 19.3 Å². The third-order valence-electron chi connectivity index (χ3n) is 4.60. The molecule has 1 atom stereocenters. The summed E-state index contributed by atoms with van der Waals surface area (Å²) in [6, 6.07) is 6.49. The number of nitrogens with zero attached hydrogens (tertiary/aromatic N) is 1. The number of nitrogens with one attached hydrogen (secondary N) is 2. The summed E-state index contributed by atoms with van der Waals surface area (Å²) in [6.07, 6.45) is 2.86. The first-order valence-corrected chi connectivity index (χ1v) is 10.2. The number of piperidine rings is 1. The summed E-state index contributed by atoms with van der Waals surface area (Å²) in [5, 5.41) is 5.91. The Morgan fingerprint density at radius 1 is 1.24 bits per heavy atom. The molecule has 1 unspecified atom stereocenters. The Morgan fingerprint density at radius 2 is 2.00 bits per heavy atom. The second-order valence-corrected chi connectivity index (χ2v) is 8.28.